The van der Waals surface area contributed by atoms with Crippen LogP contribution in [-0.2, 0) is 27.3 Å². The maximum Gasteiger partial charge on any atom is 0.410 e. The van der Waals surface area contributed by atoms with E-state index in [9.17, 15) is 9.59 Å². The maximum atomic E-state index is 12.3. The summed E-state index contributed by atoms with van der Waals surface area (Å²) in [4.78, 5) is 25.8. The molecule has 3 rings (SSSR count). The van der Waals surface area contributed by atoms with Crippen molar-refractivity contribution < 1.29 is 23.8 Å². The zero-order valence-electron chi connectivity index (χ0n) is 16.9. The molecule has 0 bridgehead atoms. The van der Waals surface area contributed by atoms with Crippen LogP contribution in [-0.4, -0.2) is 44.3 Å². The molecule has 6 heteroatoms. The Hall–Kier alpha value is -3.02. The topological polar surface area (TPSA) is 65.1 Å². The van der Waals surface area contributed by atoms with E-state index in [2.05, 4.69) is 0 Å². The number of rotatable bonds is 6. The lowest BCUT2D eigenvalue weighted by Crippen LogP contribution is -2.38. The van der Waals surface area contributed by atoms with E-state index < -0.39 is 0 Å². The van der Waals surface area contributed by atoms with Crippen molar-refractivity contribution in [1.29, 1.82) is 0 Å². The molecule has 154 valence electrons. The van der Waals surface area contributed by atoms with Crippen molar-refractivity contribution in [2.24, 2.45) is 0 Å². The van der Waals surface area contributed by atoms with Crippen LogP contribution in [0.2, 0.25) is 0 Å². The lowest BCUT2D eigenvalue weighted by atomic mass is 9.88. The van der Waals surface area contributed by atoms with Crippen LogP contribution in [0.4, 0.5) is 4.79 Å². The number of hydrogen-bond acceptors (Lipinski definition) is 5. The number of amides is 1. The first-order valence-electron chi connectivity index (χ1n) is 9.80. The minimum atomic E-state index is -0.295. The molecule has 1 aliphatic rings. The second kappa shape index (κ2) is 9.96. The number of hydrogen-bond donors (Lipinski definition) is 0. The number of piperidine rings is 1. The van der Waals surface area contributed by atoms with Gasteiger partial charge in [0, 0.05) is 18.7 Å². The highest BCUT2D eigenvalue weighted by Crippen LogP contribution is 2.32. The van der Waals surface area contributed by atoms with Gasteiger partial charge in [0.15, 0.2) is 0 Å². The Morgan fingerprint density at radius 1 is 1.03 bits per heavy atom. The average Bonchev–Trinajstić information content (AvgIpc) is 2.78. The van der Waals surface area contributed by atoms with E-state index in [1.165, 1.54) is 7.11 Å². The van der Waals surface area contributed by atoms with Crippen molar-refractivity contribution in [3.05, 3.63) is 65.2 Å². The summed E-state index contributed by atoms with van der Waals surface area (Å²) in [5.74, 6) is 0.716. The van der Waals surface area contributed by atoms with E-state index in [1.54, 1.807) is 12.0 Å². The van der Waals surface area contributed by atoms with Crippen LogP contribution >= 0.6 is 0 Å². The molecule has 0 unspecified atom stereocenters. The van der Waals surface area contributed by atoms with Crippen molar-refractivity contribution in [2.75, 3.05) is 27.3 Å². The molecule has 0 N–H and O–H groups in total. The van der Waals surface area contributed by atoms with E-state index in [4.69, 9.17) is 14.2 Å². The molecule has 2 aromatic carbocycles. The van der Waals surface area contributed by atoms with Gasteiger partial charge < -0.3 is 19.1 Å². The van der Waals surface area contributed by atoms with Gasteiger partial charge in [-0.3, -0.25) is 4.79 Å². The monoisotopic (exact) mass is 397 g/mol. The Balaban J connectivity index is 1.56. The van der Waals surface area contributed by atoms with E-state index in [0.29, 0.717) is 24.8 Å². The van der Waals surface area contributed by atoms with E-state index in [0.717, 1.165) is 29.5 Å². The van der Waals surface area contributed by atoms with Crippen molar-refractivity contribution in [1.82, 2.24) is 4.90 Å². The third-order valence-corrected chi connectivity index (χ3v) is 5.30. The first-order valence-corrected chi connectivity index (χ1v) is 9.80. The molecule has 1 amide bonds. The molecular weight excluding hydrogens is 370 g/mol. The average molecular weight is 397 g/mol. The zero-order valence-corrected chi connectivity index (χ0v) is 16.9. The smallest absolute Gasteiger partial charge is 0.410 e. The van der Waals surface area contributed by atoms with Crippen LogP contribution in [0.3, 0.4) is 0 Å². The molecule has 1 fully saturated rings. The van der Waals surface area contributed by atoms with Gasteiger partial charge in [0.1, 0.15) is 12.4 Å². The highest BCUT2D eigenvalue weighted by molar-refractivity contribution is 5.73. The molecule has 1 saturated heterocycles. The molecule has 0 aromatic heterocycles. The molecule has 0 aliphatic carbocycles. The van der Waals surface area contributed by atoms with E-state index in [1.807, 2.05) is 48.5 Å². The van der Waals surface area contributed by atoms with E-state index >= 15 is 0 Å². The molecule has 0 saturated carbocycles. The fraction of sp³-hybridized carbons (Fsp3) is 0.391. The largest absolute Gasteiger partial charge is 0.496 e. The van der Waals surface area contributed by atoms with Gasteiger partial charge in [-0.25, -0.2) is 4.79 Å². The summed E-state index contributed by atoms with van der Waals surface area (Å²) >= 11 is 0. The van der Waals surface area contributed by atoms with Crippen LogP contribution in [0.1, 0.15) is 35.4 Å². The van der Waals surface area contributed by atoms with Gasteiger partial charge in [-0.15, -0.1) is 0 Å². The SMILES string of the molecule is COC(=O)Cc1cc(C2CCN(C(=O)OCc3ccccc3)CC2)ccc1OC. The molecule has 2 aromatic rings. The lowest BCUT2D eigenvalue weighted by Gasteiger charge is -2.31. The number of carbonyl (C=O) groups excluding carboxylic acids is 2. The number of carbonyl (C=O) groups is 2. The van der Waals surface area contributed by atoms with Gasteiger partial charge in [-0.1, -0.05) is 42.5 Å². The maximum absolute atomic E-state index is 12.3. The molecule has 0 spiro atoms. The Bertz CT molecular complexity index is 828. The number of likely N-dealkylation sites (tertiary alicyclic amines) is 1. The fourth-order valence-electron chi connectivity index (χ4n) is 3.62. The number of esters is 1. The minimum Gasteiger partial charge on any atom is -0.496 e. The molecule has 1 aliphatic heterocycles. The van der Waals surface area contributed by atoms with Crippen LogP contribution in [0.5, 0.6) is 5.75 Å². The van der Waals surface area contributed by atoms with E-state index in [-0.39, 0.29) is 25.1 Å². The summed E-state index contributed by atoms with van der Waals surface area (Å²) in [6.07, 6.45) is 1.61. The summed E-state index contributed by atoms with van der Waals surface area (Å²) in [5.41, 5.74) is 2.95. The van der Waals surface area contributed by atoms with Crippen LogP contribution in [0, 0.1) is 0 Å². The van der Waals surface area contributed by atoms with Gasteiger partial charge in [0.25, 0.3) is 0 Å². The van der Waals surface area contributed by atoms with Crippen LogP contribution < -0.4 is 4.74 Å². The number of methoxy groups -OCH3 is 2. The Morgan fingerprint density at radius 2 is 1.76 bits per heavy atom. The summed E-state index contributed by atoms with van der Waals surface area (Å²) in [6, 6.07) is 15.6. The quantitative estimate of drug-likeness (QED) is 0.691. The van der Waals surface area contributed by atoms with Gasteiger partial charge >= 0.3 is 12.1 Å². The van der Waals surface area contributed by atoms with Crippen LogP contribution in [0.25, 0.3) is 0 Å². The first kappa shape index (κ1) is 20.7. The molecule has 29 heavy (non-hydrogen) atoms. The molecule has 0 atom stereocenters. The third kappa shape index (κ3) is 5.50. The summed E-state index contributed by atoms with van der Waals surface area (Å²) in [5, 5.41) is 0. The van der Waals surface area contributed by atoms with Crippen molar-refractivity contribution >= 4 is 12.1 Å². The normalized spacial score (nSPS) is 14.3. The molecule has 0 radical (unpaired) electrons. The van der Waals surface area contributed by atoms with Crippen molar-refractivity contribution in [3.8, 4) is 5.75 Å². The summed E-state index contributed by atoms with van der Waals surface area (Å²) in [7, 11) is 2.97. The van der Waals surface area contributed by atoms with Crippen molar-refractivity contribution in [2.45, 2.75) is 31.8 Å². The summed E-state index contributed by atoms with van der Waals surface area (Å²) < 4.78 is 15.6. The Morgan fingerprint density at radius 3 is 2.41 bits per heavy atom. The number of nitrogens with zero attached hydrogens (tertiary/aromatic N) is 1. The zero-order chi connectivity index (χ0) is 20.6. The van der Waals surface area contributed by atoms with Crippen molar-refractivity contribution in [3.63, 3.8) is 0 Å². The van der Waals surface area contributed by atoms with Gasteiger partial charge in [-0.05, 0) is 36.0 Å². The second-order valence-corrected chi connectivity index (χ2v) is 7.13. The second-order valence-electron chi connectivity index (χ2n) is 7.13. The molecule has 1 heterocycles. The fourth-order valence-corrected chi connectivity index (χ4v) is 3.62. The highest BCUT2D eigenvalue weighted by Gasteiger charge is 2.25. The highest BCUT2D eigenvalue weighted by atomic mass is 16.6. The van der Waals surface area contributed by atoms with Gasteiger partial charge in [0.05, 0.1) is 20.6 Å². The van der Waals surface area contributed by atoms with Crippen LogP contribution in [0.15, 0.2) is 48.5 Å². The standard InChI is InChI=1S/C23H27NO5/c1-27-21-9-8-19(14-20(21)15-22(25)28-2)18-10-12-24(13-11-18)23(26)29-16-17-6-4-3-5-7-17/h3-9,14,18H,10-13,15-16H2,1-2H3. The first-order chi connectivity index (χ1) is 14.1. The lowest BCUT2D eigenvalue weighted by molar-refractivity contribution is -0.139. The molecular formula is C23H27NO5. The van der Waals surface area contributed by atoms with Gasteiger partial charge in [-0.2, -0.15) is 0 Å². The Kier molecular flexibility index (Phi) is 7.11. The predicted octanol–water partition coefficient (Wildman–Crippen LogP) is 3.93. The Labute approximate surface area is 171 Å². The van der Waals surface area contributed by atoms with Gasteiger partial charge in [0.2, 0.25) is 0 Å². The third-order valence-electron chi connectivity index (χ3n) is 5.30. The summed E-state index contributed by atoms with van der Waals surface area (Å²) in [6.45, 7) is 1.59. The minimum absolute atomic E-state index is 0.179. The molecule has 6 nitrogen and oxygen atoms in total. The predicted molar refractivity (Wildman–Crippen MR) is 109 cm³/mol. The number of ether oxygens (including phenoxy) is 3. The number of benzene rings is 2.